The molecule has 1 aromatic carbocycles. The number of carboxylic acid groups (broad SMARTS) is 1. The second kappa shape index (κ2) is 5.21. The van der Waals surface area contributed by atoms with Crippen molar-refractivity contribution >= 4 is 15.8 Å². The molecule has 0 unspecified atom stereocenters. The molecule has 0 amide bonds. The molecule has 5 nitrogen and oxygen atoms in total. The van der Waals surface area contributed by atoms with Gasteiger partial charge in [0.2, 0.25) is 0 Å². The molecule has 0 fully saturated rings. The maximum atomic E-state index is 12.9. The van der Waals surface area contributed by atoms with E-state index in [2.05, 4.69) is 0 Å². The fourth-order valence-corrected chi connectivity index (χ4v) is 2.21. The molecule has 1 N–H and O–H groups in total. The quantitative estimate of drug-likeness (QED) is 0.919. The first kappa shape index (κ1) is 17.3. The minimum atomic E-state index is -4.81. The lowest BCUT2D eigenvalue weighted by atomic mass is 10.1. The summed E-state index contributed by atoms with van der Waals surface area (Å²) < 4.78 is 66.5. The zero-order chi connectivity index (χ0) is 16.6. The van der Waals surface area contributed by atoms with Gasteiger partial charge in [-0.05, 0) is 26.0 Å². The molecular weight excluding hydrogens is 313 g/mol. The van der Waals surface area contributed by atoms with Crippen LogP contribution in [0.5, 0.6) is 5.75 Å². The Morgan fingerprint density at radius 2 is 1.76 bits per heavy atom. The molecule has 0 aliphatic rings. The summed E-state index contributed by atoms with van der Waals surface area (Å²) in [6, 6.07) is 3.08. The van der Waals surface area contributed by atoms with Crippen molar-refractivity contribution in [1.82, 2.24) is 0 Å². The summed E-state index contributed by atoms with van der Waals surface area (Å²) in [5.41, 5.74) is -3.41. The minimum Gasteiger partial charge on any atom is -0.478 e. The van der Waals surface area contributed by atoms with Crippen molar-refractivity contribution in [3.05, 3.63) is 23.8 Å². The van der Waals surface area contributed by atoms with Gasteiger partial charge in [0.1, 0.15) is 10.5 Å². The van der Waals surface area contributed by atoms with E-state index < -0.39 is 43.8 Å². The Morgan fingerprint density at radius 3 is 2.14 bits per heavy atom. The predicted molar refractivity (Wildman–Crippen MR) is 67.3 cm³/mol. The van der Waals surface area contributed by atoms with Crippen LogP contribution >= 0.6 is 0 Å². The molecule has 0 spiro atoms. The lowest BCUT2D eigenvalue weighted by Crippen LogP contribution is -2.45. The maximum Gasteiger partial charge on any atom is 0.427 e. The number of halogens is 3. The fourth-order valence-electron chi connectivity index (χ4n) is 1.39. The third-order valence-electron chi connectivity index (χ3n) is 2.65. The lowest BCUT2D eigenvalue weighted by Gasteiger charge is -2.30. The molecular formula is C12H13F3O5S. The molecule has 0 radical (unpaired) electrons. The number of hydrogen-bond acceptors (Lipinski definition) is 4. The molecule has 0 aliphatic carbocycles. The van der Waals surface area contributed by atoms with E-state index in [-0.39, 0.29) is 0 Å². The number of alkyl halides is 3. The van der Waals surface area contributed by atoms with Crippen molar-refractivity contribution in [3.8, 4) is 5.75 Å². The fraction of sp³-hybridized carbons (Fsp3) is 0.417. The predicted octanol–water partition coefficient (Wildman–Crippen LogP) is 2.51. The van der Waals surface area contributed by atoms with E-state index in [0.29, 0.717) is 13.8 Å². The SMILES string of the molecule is CC(C)(Oc1c(C(=O)O)cccc1S(C)(=O)=O)C(F)(F)F. The van der Waals surface area contributed by atoms with Crippen LogP contribution in [0.4, 0.5) is 13.2 Å². The smallest absolute Gasteiger partial charge is 0.427 e. The molecule has 0 saturated heterocycles. The van der Waals surface area contributed by atoms with Crippen LogP contribution in [0.2, 0.25) is 0 Å². The molecule has 0 heterocycles. The van der Waals surface area contributed by atoms with Crippen LogP contribution in [0.1, 0.15) is 24.2 Å². The summed E-state index contributed by atoms with van der Waals surface area (Å²) in [7, 11) is -3.96. The standard InChI is InChI=1S/C12H13F3O5S/c1-11(2,12(13,14)15)20-9-7(10(16)17)5-4-6-8(9)21(3,18)19/h4-6H,1-3H3,(H,16,17). The van der Waals surface area contributed by atoms with Crippen LogP contribution in [0.15, 0.2) is 23.1 Å². The van der Waals surface area contributed by atoms with Gasteiger partial charge in [-0.15, -0.1) is 0 Å². The van der Waals surface area contributed by atoms with Crippen LogP contribution in [0.25, 0.3) is 0 Å². The lowest BCUT2D eigenvalue weighted by molar-refractivity contribution is -0.235. The topological polar surface area (TPSA) is 80.7 Å². The van der Waals surface area contributed by atoms with Crippen LogP contribution in [-0.4, -0.2) is 37.5 Å². The minimum absolute atomic E-state index is 0.611. The Balaban J connectivity index is 3.57. The first-order valence-electron chi connectivity index (χ1n) is 5.59. The third kappa shape index (κ3) is 3.66. The number of sulfone groups is 1. The second-order valence-electron chi connectivity index (χ2n) is 4.82. The number of ether oxygens (including phenoxy) is 1. The zero-order valence-corrected chi connectivity index (χ0v) is 12.2. The van der Waals surface area contributed by atoms with Gasteiger partial charge in [0.25, 0.3) is 0 Å². The number of benzene rings is 1. The molecule has 9 heteroatoms. The van der Waals surface area contributed by atoms with Crippen molar-refractivity contribution in [2.24, 2.45) is 0 Å². The van der Waals surface area contributed by atoms with Gasteiger partial charge >= 0.3 is 12.1 Å². The summed E-state index contributed by atoms with van der Waals surface area (Å²) in [6.45, 7) is 1.36. The van der Waals surface area contributed by atoms with E-state index in [9.17, 15) is 26.4 Å². The average Bonchev–Trinajstić information content (AvgIpc) is 2.25. The molecule has 21 heavy (non-hydrogen) atoms. The van der Waals surface area contributed by atoms with E-state index in [0.717, 1.165) is 24.5 Å². The van der Waals surface area contributed by atoms with Gasteiger partial charge in [-0.1, -0.05) is 6.07 Å². The zero-order valence-electron chi connectivity index (χ0n) is 11.4. The highest BCUT2D eigenvalue weighted by Crippen LogP contribution is 2.38. The van der Waals surface area contributed by atoms with E-state index in [4.69, 9.17) is 9.84 Å². The number of rotatable bonds is 4. The monoisotopic (exact) mass is 326 g/mol. The van der Waals surface area contributed by atoms with Crippen LogP contribution in [-0.2, 0) is 9.84 Å². The third-order valence-corrected chi connectivity index (χ3v) is 3.77. The van der Waals surface area contributed by atoms with E-state index in [1.54, 1.807) is 0 Å². The van der Waals surface area contributed by atoms with Gasteiger partial charge in [-0.3, -0.25) is 0 Å². The first-order valence-corrected chi connectivity index (χ1v) is 7.48. The number of para-hydroxylation sites is 1. The second-order valence-corrected chi connectivity index (χ2v) is 6.80. The number of hydrogen-bond donors (Lipinski definition) is 1. The van der Waals surface area contributed by atoms with Crippen molar-refractivity contribution in [1.29, 1.82) is 0 Å². The van der Waals surface area contributed by atoms with Gasteiger partial charge in [-0.2, -0.15) is 13.2 Å². The van der Waals surface area contributed by atoms with Gasteiger partial charge in [0, 0.05) is 6.26 Å². The maximum absolute atomic E-state index is 12.9. The van der Waals surface area contributed by atoms with Gasteiger partial charge in [0.15, 0.2) is 21.2 Å². The van der Waals surface area contributed by atoms with Crippen LogP contribution in [0.3, 0.4) is 0 Å². The summed E-state index contributed by atoms with van der Waals surface area (Å²) in [5, 5.41) is 9.00. The molecule has 1 rings (SSSR count). The highest BCUT2D eigenvalue weighted by Gasteiger charge is 2.50. The van der Waals surface area contributed by atoms with E-state index in [1.807, 2.05) is 0 Å². The van der Waals surface area contributed by atoms with Gasteiger partial charge in [0.05, 0.1) is 0 Å². The Hall–Kier alpha value is -1.77. The van der Waals surface area contributed by atoms with Gasteiger partial charge < -0.3 is 9.84 Å². The number of aromatic carboxylic acids is 1. The molecule has 1 aromatic rings. The number of carboxylic acids is 1. The number of carbonyl (C=O) groups is 1. The highest BCUT2D eigenvalue weighted by molar-refractivity contribution is 7.90. The van der Waals surface area contributed by atoms with Crippen molar-refractivity contribution < 1.29 is 36.2 Å². The summed E-state index contributed by atoms with van der Waals surface area (Å²) in [5.74, 6) is -2.41. The summed E-state index contributed by atoms with van der Waals surface area (Å²) >= 11 is 0. The molecule has 118 valence electrons. The summed E-state index contributed by atoms with van der Waals surface area (Å²) in [4.78, 5) is 10.5. The van der Waals surface area contributed by atoms with Crippen LogP contribution in [0, 0.1) is 0 Å². The van der Waals surface area contributed by atoms with E-state index in [1.165, 1.54) is 0 Å². The van der Waals surface area contributed by atoms with Gasteiger partial charge in [-0.25, -0.2) is 13.2 Å². The Labute approximate surface area is 119 Å². The van der Waals surface area contributed by atoms with Crippen molar-refractivity contribution in [3.63, 3.8) is 0 Å². The molecule has 0 bridgehead atoms. The molecule has 0 aromatic heterocycles. The molecule has 0 saturated carbocycles. The Bertz CT molecular complexity index is 662. The van der Waals surface area contributed by atoms with Crippen molar-refractivity contribution in [2.45, 2.75) is 30.5 Å². The first-order chi connectivity index (χ1) is 9.27. The van der Waals surface area contributed by atoms with E-state index >= 15 is 0 Å². The molecule has 0 atom stereocenters. The normalized spacial score (nSPS) is 13.0. The average molecular weight is 326 g/mol. The Kier molecular flexibility index (Phi) is 4.29. The Morgan fingerprint density at radius 1 is 1.24 bits per heavy atom. The summed E-state index contributed by atoms with van der Waals surface area (Å²) in [6.07, 6.45) is -4.06. The highest BCUT2D eigenvalue weighted by atomic mass is 32.2. The molecule has 0 aliphatic heterocycles. The van der Waals surface area contributed by atoms with Crippen LogP contribution < -0.4 is 4.74 Å². The largest absolute Gasteiger partial charge is 0.478 e. The van der Waals surface area contributed by atoms with Crippen molar-refractivity contribution in [2.75, 3.05) is 6.26 Å².